The predicted molar refractivity (Wildman–Crippen MR) is 145 cm³/mol. The SMILES string of the molecule is C=CCCCCCCOc1ccc(C(=O)Oc2ccc(CC[C@H]3CC[C@H](CCC)CC3)cc2)cc1. The molecular formula is C32H44O3. The van der Waals surface area contributed by atoms with E-state index in [-0.39, 0.29) is 5.97 Å². The molecule has 190 valence electrons. The van der Waals surface area contributed by atoms with E-state index < -0.39 is 0 Å². The number of rotatable bonds is 15. The standard InChI is InChI=1S/C32H44O3/c1-3-5-6-7-8-9-25-34-30-23-19-29(20-24-30)32(33)35-31-21-17-28(18-22-31)16-15-27-13-11-26(10-4-2)12-14-27/h3,17-24,26-27H,1,4-16,25H2,2H3/t26-,27-. The van der Waals surface area contributed by atoms with Gasteiger partial charge in [0.2, 0.25) is 0 Å². The summed E-state index contributed by atoms with van der Waals surface area (Å²) in [5.41, 5.74) is 1.85. The van der Waals surface area contributed by atoms with E-state index in [1.165, 1.54) is 63.4 Å². The zero-order valence-electron chi connectivity index (χ0n) is 21.7. The molecule has 0 spiro atoms. The third-order valence-electron chi connectivity index (χ3n) is 7.30. The van der Waals surface area contributed by atoms with E-state index in [0.29, 0.717) is 17.9 Å². The topological polar surface area (TPSA) is 35.5 Å². The van der Waals surface area contributed by atoms with Crippen molar-refractivity contribution in [2.75, 3.05) is 6.61 Å². The van der Waals surface area contributed by atoms with Crippen molar-refractivity contribution in [3.05, 3.63) is 72.3 Å². The number of unbranched alkanes of at least 4 members (excludes halogenated alkanes) is 4. The highest BCUT2D eigenvalue weighted by atomic mass is 16.5. The molecule has 0 heterocycles. The van der Waals surface area contributed by atoms with Crippen molar-refractivity contribution in [1.82, 2.24) is 0 Å². The molecular weight excluding hydrogens is 432 g/mol. The Balaban J connectivity index is 1.35. The van der Waals surface area contributed by atoms with Crippen molar-refractivity contribution in [3.63, 3.8) is 0 Å². The summed E-state index contributed by atoms with van der Waals surface area (Å²) in [4.78, 5) is 12.5. The number of ether oxygens (including phenoxy) is 2. The first-order valence-electron chi connectivity index (χ1n) is 13.8. The van der Waals surface area contributed by atoms with Gasteiger partial charge in [-0.05, 0) is 85.9 Å². The second-order valence-electron chi connectivity index (χ2n) is 10.1. The number of hydrogen-bond acceptors (Lipinski definition) is 3. The van der Waals surface area contributed by atoms with Crippen LogP contribution in [-0.4, -0.2) is 12.6 Å². The summed E-state index contributed by atoms with van der Waals surface area (Å²) in [6.45, 7) is 6.75. The molecule has 0 N–H and O–H groups in total. The van der Waals surface area contributed by atoms with Gasteiger partial charge in [0.25, 0.3) is 0 Å². The number of benzene rings is 2. The second-order valence-corrected chi connectivity index (χ2v) is 10.1. The van der Waals surface area contributed by atoms with E-state index in [1.54, 1.807) is 12.1 Å². The highest BCUT2D eigenvalue weighted by Crippen LogP contribution is 2.34. The van der Waals surface area contributed by atoms with E-state index in [0.717, 1.165) is 43.3 Å². The number of aryl methyl sites for hydroxylation is 1. The van der Waals surface area contributed by atoms with Gasteiger partial charge in [-0.2, -0.15) is 0 Å². The molecule has 0 saturated heterocycles. The summed E-state index contributed by atoms with van der Waals surface area (Å²) < 4.78 is 11.4. The Hall–Kier alpha value is -2.55. The normalized spacial score (nSPS) is 17.6. The van der Waals surface area contributed by atoms with Crippen LogP contribution < -0.4 is 9.47 Å². The van der Waals surface area contributed by atoms with Crippen molar-refractivity contribution >= 4 is 5.97 Å². The van der Waals surface area contributed by atoms with Crippen LogP contribution in [-0.2, 0) is 6.42 Å². The van der Waals surface area contributed by atoms with Gasteiger partial charge in [0, 0.05) is 0 Å². The minimum atomic E-state index is -0.338. The third-order valence-corrected chi connectivity index (χ3v) is 7.30. The Labute approximate surface area is 212 Å². The van der Waals surface area contributed by atoms with E-state index >= 15 is 0 Å². The van der Waals surface area contributed by atoms with Gasteiger partial charge in [-0.15, -0.1) is 6.58 Å². The van der Waals surface area contributed by atoms with Crippen molar-refractivity contribution in [3.8, 4) is 11.5 Å². The molecule has 0 unspecified atom stereocenters. The molecule has 0 amide bonds. The van der Waals surface area contributed by atoms with Crippen LogP contribution >= 0.6 is 0 Å². The molecule has 3 heteroatoms. The summed E-state index contributed by atoms with van der Waals surface area (Å²) in [6.07, 6.45) is 18.4. The highest BCUT2D eigenvalue weighted by molar-refractivity contribution is 5.91. The van der Waals surface area contributed by atoms with Crippen LogP contribution in [0.4, 0.5) is 0 Å². The predicted octanol–water partition coefficient (Wildman–Crippen LogP) is 8.96. The first kappa shape index (κ1) is 27.0. The number of hydrogen-bond donors (Lipinski definition) is 0. The largest absolute Gasteiger partial charge is 0.494 e. The number of carbonyl (C=O) groups excluding carboxylic acids is 1. The molecule has 1 aliphatic carbocycles. The van der Waals surface area contributed by atoms with Gasteiger partial charge < -0.3 is 9.47 Å². The lowest BCUT2D eigenvalue weighted by Crippen LogP contribution is -2.15. The Bertz CT molecular complexity index is 861. The molecule has 0 aromatic heterocycles. The summed E-state index contributed by atoms with van der Waals surface area (Å²) in [5, 5.41) is 0. The van der Waals surface area contributed by atoms with Crippen molar-refractivity contribution in [2.45, 2.75) is 90.4 Å². The highest BCUT2D eigenvalue weighted by Gasteiger charge is 2.20. The fraction of sp³-hybridized carbons (Fsp3) is 0.531. The molecule has 1 saturated carbocycles. The molecule has 3 rings (SSSR count). The first-order valence-corrected chi connectivity index (χ1v) is 13.8. The second kappa shape index (κ2) is 15.4. The van der Waals surface area contributed by atoms with Gasteiger partial charge in [-0.1, -0.05) is 76.5 Å². The fourth-order valence-corrected chi connectivity index (χ4v) is 5.10. The van der Waals surface area contributed by atoms with Crippen molar-refractivity contribution in [2.24, 2.45) is 11.8 Å². The Kier molecular flexibility index (Phi) is 11.9. The molecule has 1 fully saturated rings. The van der Waals surface area contributed by atoms with Gasteiger partial charge in [0.1, 0.15) is 11.5 Å². The summed E-state index contributed by atoms with van der Waals surface area (Å²) >= 11 is 0. The maximum atomic E-state index is 12.5. The fourth-order valence-electron chi connectivity index (χ4n) is 5.10. The van der Waals surface area contributed by atoms with Crippen LogP contribution in [0.3, 0.4) is 0 Å². The van der Waals surface area contributed by atoms with Crippen molar-refractivity contribution in [1.29, 1.82) is 0 Å². The molecule has 0 aliphatic heterocycles. The lowest BCUT2D eigenvalue weighted by molar-refractivity contribution is 0.0734. The van der Waals surface area contributed by atoms with Gasteiger partial charge in [0.05, 0.1) is 12.2 Å². The molecule has 0 atom stereocenters. The average molecular weight is 477 g/mol. The quantitative estimate of drug-likeness (QED) is 0.111. The first-order chi connectivity index (χ1) is 17.2. The Morgan fingerprint density at radius 3 is 2.14 bits per heavy atom. The minimum absolute atomic E-state index is 0.338. The van der Waals surface area contributed by atoms with E-state index in [2.05, 4.69) is 25.6 Å². The van der Waals surface area contributed by atoms with E-state index in [4.69, 9.17) is 9.47 Å². The summed E-state index contributed by atoms with van der Waals surface area (Å²) in [7, 11) is 0. The van der Waals surface area contributed by atoms with Crippen LogP contribution in [0, 0.1) is 11.8 Å². The lowest BCUT2D eigenvalue weighted by Gasteiger charge is -2.28. The zero-order valence-corrected chi connectivity index (χ0v) is 21.7. The molecule has 2 aromatic carbocycles. The van der Waals surface area contributed by atoms with Gasteiger partial charge in [-0.3, -0.25) is 0 Å². The molecule has 0 bridgehead atoms. The molecule has 1 aliphatic rings. The minimum Gasteiger partial charge on any atom is -0.494 e. The maximum Gasteiger partial charge on any atom is 0.343 e. The third kappa shape index (κ3) is 9.92. The van der Waals surface area contributed by atoms with Crippen LogP contribution in [0.5, 0.6) is 11.5 Å². The molecule has 2 aromatic rings. The Morgan fingerprint density at radius 1 is 0.857 bits per heavy atom. The molecule has 0 radical (unpaired) electrons. The van der Waals surface area contributed by atoms with Gasteiger partial charge in [0.15, 0.2) is 0 Å². The maximum absolute atomic E-state index is 12.5. The lowest BCUT2D eigenvalue weighted by atomic mass is 9.78. The van der Waals surface area contributed by atoms with Crippen molar-refractivity contribution < 1.29 is 14.3 Å². The molecule has 3 nitrogen and oxygen atoms in total. The van der Waals surface area contributed by atoms with Crippen LogP contribution in [0.25, 0.3) is 0 Å². The molecule has 35 heavy (non-hydrogen) atoms. The smallest absolute Gasteiger partial charge is 0.343 e. The van der Waals surface area contributed by atoms with E-state index in [1.807, 2.05) is 30.3 Å². The average Bonchev–Trinajstić information content (AvgIpc) is 2.89. The number of allylic oxidation sites excluding steroid dienone is 1. The monoisotopic (exact) mass is 476 g/mol. The Morgan fingerprint density at radius 2 is 1.49 bits per heavy atom. The van der Waals surface area contributed by atoms with Crippen LogP contribution in [0.2, 0.25) is 0 Å². The van der Waals surface area contributed by atoms with Gasteiger partial charge in [-0.25, -0.2) is 4.79 Å². The number of carbonyl (C=O) groups is 1. The summed E-state index contributed by atoms with van der Waals surface area (Å²) in [6, 6.07) is 15.2. The van der Waals surface area contributed by atoms with E-state index in [9.17, 15) is 4.79 Å². The summed E-state index contributed by atoms with van der Waals surface area (Å²) in [5.74, 6) is 2.88. The zero-order chi connectivity index (χ0) is 24.7. The number of esters is 1. The van der Waals surface area contributed by atoms with Crippen LogP contribution in [0.15, 0.2) is 61.2 Å². The van der Waals surface area contributed by atoms with Gasteiger partial charge >= 0.3 is 5.97 Å². The van der Waals surface area contributed by atoms with Crippen LogP contribution in [0.1, 0.15) is 99.9 Å².